The lowest BCUT2D eigenvalue weighted by molar-refractivity contribution is 0.0107. The highest BCUT2D eigenvalue weighted by atomic mass is 16.5. The van der Waals surface area contributed by atoms with Crippen LogP contribution in [-0.4, -0.2) is 39.2 Å². The zero-order valence-corrected chi connectivity index (χ0v) is 27.0. The van der Waals surface area contributed by atoms with E-state index in [4.69, 9.17) is 4.74 Å². The third-order valence-electron chi connectivity index (χ3n) is 9.03. The fourth-order valence-electron chi connectivity index (χ4n) is 5.84. The Morgan fingerprint density at radius 3 is 1.97 bits per heavy atom. The van der Waals surface area contributed by atoms with Crippen molar-refractivity contribution < 1.29 is 20.1 Å². The van der Waals surface area contributed by atoms with Crippen LogP contribution in [0.5, 0.6) is 0 Å². The van der Waals surface area contributed by atoms with Gasteiger partial charge in [-0.05, 0) is 95.3 Å². The number of hydrogen-bond acceptors (Lipinski definition) is 4. The molecular weight excluding hydrogens is 484 g/mol. The van der Waals surface area contributed by atoms with Crippen molar-refractivity contribution in [2.24, 2.45) is 11.8 Å². The lowest BCUT2D eigenvalue weighted by Gasteiger charge is -2.29. The first-order chi connectivity index (χ1) is 18.4. The van der Waals surface area contributed by atoms with Crippen molar-refractivity contribution in [3.63, 3.8) is 0 Å². The summed E-state index contributed by atoms with van der Waals surface area (Å²) in [4.78, 5) is 0. The summed E-state index contributed by atoms with van der Waals surface area (Å²) in [5.74, 6) is 1.69. The van der Waals surface area contributed by atoms with E-state index < -0.39 is 17.3 Å². The van der Waals surface area contributed by atoms with Gasteiger partial charge < -0.3 is 20.1 Å². The molecule has 5 unspecified atom stereocenters. The van der Waals surface area contributed by atoms with E-state index in [9.17, 15) is 15.3 Å². The van der Waals surface area contributed by atoms with Gasteiger partial charge >= 0.3 is 0 Å². The summed E-state index contributed by atoms with van der Waals surface area (Å²) in [6, 6.07) is 0. The minimum atomic E-state index is -0.664. The highest BCUT2D eigenvalue weighted by Crippen LogP contribution is 2.35. The van der Waals surface area contributed by atoms with Crippen LogP contribution in [0.1, 0.15) is 164 Å². The molecule has 230 valence electrons. The molecule has 1 aliphatic carbocycles. The topological polar surface area (TPSA) is 69.9 Å². The van der Waals surface area contributed by atoms with Gasteiger partial charge in [0.2, 0.25) is 0 Å². The summed E-state index contributed by atoms with van der Waals surface area (Å²) >= 11 is 0. The second-order valence-corrected chi connectivity index (χ2v) is 13.4. The van der Waals surface area contributed by atoms with Crippen LogP contribution in [0.3, 0.4) is 0 Å². The zero-order chi connectivity index (χ0) is 29.3. The first kappa shape index (κ1) is 36.2. The van der Waals surface area contributed by atoms with Gasteiger partial charge in [-0.25, -0.2) is 0 Å². The van der Waals surface area contributed by atoms with Crippen LogP contribution in [0, 0.1) is 11.8 Å². The third-order valence-corrected chi connectivity index (χ3v) is 9.03. The summed E-state index contributed by atoms with van der Waals surface area (Å²) in [5, 5.41) is 32.1. The van der Waals surface area contributed by atoms with E-state index in [0.717, 1.165) is 83.0 Å². The van der Waals surface area contributed by atoms with E-state index in [1.54, 1.807) is 0 Å². The molecule has 0 spiro atoms. The predicted molar refractivity (Wildman–Crippen MR) is 167 cm³/mol. The van der Waals surface area contributed by atoms with Gasteiger partial charge in [0, 0.05) is 5.92 Å². The first-order valence-corrected chi connectivity index (χ1v) is 16.6. The summed E-state index contributed by atoms with van der Waals surface area (Å²) in [5.41, 5.74) is 1.08. The maximum Gasteiger partial charge on any atom is 0.121 e. The van der Waals surface area contributed by atoms with Crippen molar-refractivity contribution in [3.05, 3.63) is 23.0 Å². The molecule has 0 bridgehead atoms. The number of ether oxygens (including phenoxy) is 1. The molecule has 39 heavy (non-hydrogen) atoms. The molecule has 1 aliphatic rings. The van der Waals surface area contributed by atoms with E-state index in [0.29, 0.717) is 5.92 Å². The molecule has 0 aromatic rings. The van der Waals surface area contributed by atoms with Crippen molar-refractivity contribution in [1.82, 2.24) is 0 Å². The van der Waals surface area contributed by atoms with Gasteiger partial charge in [0.25, 0.3) is 0 Å². The molecule has 0 aromatic carbocycles. The molecule has 0 heterocycles. The second kappa shape index (κ2) is 19.3. The molecule has 4 nitrogen and oxygen atoms in total. The number of aliphatic hydroxyl groups is 3. The Hall–Kier alpha value is -0.840. The monoisotopic (exact) mass is 550 g/mol. The average molecular weight is 551 g/mol. The quantitative estimate of drug-likeness (QED) is 0.111. The van der Waals surface area contributed by atoms with Gasteiger partial charge in [0.15, 0.2) is 0 Å². The van der Waals surface area contributed by atoms with E-state index in [1.807, 2.05) is 19.9 Å². The number of hydrogen-bond donors (Lipinski definition) is 3. The van der Waals surface area contributed by atoms with Gasteiger partial charge in [0.1, 0.15) is 5.76 Å². The van der Waals surface area contributed by atoms with E-state index in [1.165, 1.54) is 56.1 Å². The molecule has 0 aliphatic heterocycles. The molecule has 0 saturated heterocycles. The van der Waals surface area contributed by atoms with Crippen LogP contribution in [0.25, 0.3) is 0 Å². The highest BCUT2D eigenvalue weighted by molar-refractivity contribution is 5.37. The van der Waals surface area contributed by atoms with Crippen molar-refractivity contribution in [2.45, 2.75) is 181 Å². The molecule has 0 radical (unpaired) electrons. The Morgan fingerprint density at radius 1 is 0.795 bits per heavy atom. The van der Waals surface area contributed by atoms with Crippen molar-refractivity contribution in [2.75, 3.05) is 6.61 Å². The minimum Gasteiger partial charge on any atom is -0.493 e. The Bertz CT molecular complexity index is 705. The SMILES string of the molecule is CCCCCCCCOC1=C(C)C(C)C(O)C=C1CCC(C)CCCC(C)(O)CCCC(C)(O)CCCCC. The normalized spacial score (nSPS) is 21.8. The van der Waals surface area contributed by atoms with Crippen LogP contribution in [-0.2, 0) is 4.74 Å². The van der Waals surface area contributed by atoms with E-state index in [2.05, 4.69) is 34.6 Å². The molecule has 0 amide bonds. The maximum absolute atomic E-state index is 10.9. The highest BCUT2D eigenvalue weighted by Gasteiger charge is 2.27. The molecule has 4 heteroatoms. The summed E-state index contributed by atoms with van der Waals surface area (Å²) < 4.78 is 6.33. The number of allylic oxidation sites excluding steroid dienone is 1. The molecule has 0 fully saturated rings. The van der Waals surface area contributed by atoms with Crippen molar-refractivity contribution in [1.29, 1.82) is 0 Å². The van der Waals surface area contributed by atoms with Crippen LogP contribution < -0.4 is 0 Å². The molecule has 5 atom stereocenters. The first-order valence-electron chi connectivity index (χ1n) is 16.6. The standard InChI is InChI=1S/C35H66O4/c1-8-10-12-13-14-16-26-39-33-30(5)29(4)32(36)27-31(33)21-20-28(3)19-17-23-35(7,38)25-18-24-34(6,37)22-15-11-9-2/h27-29,32,36-38H,8-26H2,1-7H3. The van der Waals surface area contributed by atoms with Crippen LogP contribution in [0.2, 0.25) is 0 Å². The Balaban J connectivity index is 2.42. The van der Waals surface area contributed by atoms with Gasteiger partial charge in [-0.15, -0.1) is 0 Å². The Labute approximate surface area is 242 Å². The Morgan fingerprint density at radius 2 is 1.33 bits per heavy atom. The summed E-state index contributed by atoms with van der Waals surface area (Å²) in [6.45, 7) is 15.6. The van der Waals surface area contributed by atoms with Crippen molar-refractivity contribution >= 4 is 0 Å². The molecular formula is C35H66O4. The van der Waals surface area contributed by atoms with Crippen LogP contribution in [0.15, 0.2) is 23.0 Å². The number of rotatable bonds is 23. The number of aliphatic hydroxyl groups excluding tert-OH is 1. The van der Waals surface area contributed by atoms with E-state index in [-0.39, 0.29) is 5.92 Å². The van der Waals surface area contributed by atoms with Crippen molar-refractivity contribution in [3.8, 4) is 0 Å². The second-order valence-electron chi connectivity index (χ2n) is 13.4. The smallest absolute Gasteiger partial charge is 0.121 e. The summed E-state index contributed by atoms with van der Waals surface area (Å²) in [7, 11) is 0. The maximum atomic E-state index is 10.9. The fraction of sp³-hybridized carbons (Fsp3) is 0.886. The van der Waals surface area contributed by atoms with E-state index >= 15 is 0 Å². The lowest BCUT2D eigenvalue weighted by atomic mass is 9.84. The Kier molecular flexibility index (Phi) is 17.9. The molecule has 3 N–H and O–H groups in total. The minimum absolute atomic E-state index is 0.105. The van der Waals surface area contributed by atoms with Crippen LogP contribution in [0.4, 0.5) is 0 Å². The lowest BCUT2D eigenvalue weighted by Crippen LogP contribution is -2.28. The fourth-order valence-corrected chi connectivity index (χ4v) is 5.84. The number of unbranched alkanes of at least 4 members (excludes halogenated alkanes) is 7. The van der Waals surface area contributed by atoms with Gasteiger partial charge in [0.05, 0.1) is 23.9 Å². The predicted octanol–water partition coefficient (Wildman–Crippen LogP) is 9.41. The molecule has 0 aromatic heterocycles. The zero-order valence-electron chi connectivity index (χ0n) is 27.0. The molecule has 1 rings (SSSR count). The van der Waals surface area contributed by atoms with Gasteiger partial charge in [-0.3, -0.25) is 0 Å². The third kappa shape index (κ3) is 15.7. The average Bonchev–Trinajstić information content (AvgIpc) is 2.86. The molecule has 0 saturated carbocycles. The van der Waals surface area contributed by atoms with Gasteiger partial charge in [-0.2, -0.15) is 0 Å². The summed E-state index contributed by atoms with van der Waals surface area (Å²) in [6.07, 6.45) is 20.7. The van der Waals surface area contributed by atoms with Crippen LogP contribution >= 0.6 is 0 Å². The van der Waals surface area contributed by atoms with Gasteiger partial charge in [-0.1, -0.05) is 91.9 Å². The largest absolute Gasteiger partial charge is 0.493 e.